The van der Waals surface area contributed by atoms with Crippen LogP contribution in [0.25, 0.3) is 16.3 Å². The van der Waals surface area contributed by atoms with E-state index in [1.54, 1.807) is 6.07 Å². The zero-order valence-electron chi connectivity index (χ0n) is 8.99. The molecule has 3 aromatic heterocycles. The molecule has 0 radical (unpaired) electrons. The maximum absolute atomic E-state index is 10.9. The first-order chi connectivity index (χ1) is 8.28. The normalized spacial score (nSPS) is 10.9. The van der Waals surface area contributed by atoms with Gasteiger partial charge in [-0.15, -0.1) is 0 Å². The zero-order valence-corrected chi connectivity index (χ0v) is 9.81. The molecule has 17 heavy (non-hydrogen) atoms. The van der Waals surface area contributed by atoms with Crippen LogP contribution in [0.3, 0.4) is 0 Å². The van der Waals surface area contributed by atoms with Gasteiger partial charge in [0.25, 0.3) is 0 Å². The quantitative estimate of drug-likeness (QED) is 0.647. The predicted molar refractivity (Wildman–Crippen MR) is 64.2 cm³/mol. The van der Waals surface area contributed by atoms with Gasteiger partial charge >= 0.3 is 0 Å². The Morgan fingerprint density at radius 2 is 2.29 bits per heavy atom. The zero-order chi connectivity index (χ0) is 11.8. The fourth-order valence-corrected chi connectivity index (χ4v) is 2.26. The van der Waals surface area contributed by atoms with E-state index in [2.05, 4.69) is 14.3 Å². The molecule has 3 aromatic rings. The summed E-state index contributed by atoms with van der Waals surface area (Å²) in [6, 6.07) is 3.55. The maximum Gasteiger partial charge on any atom is 0.163 e. The summed E-state index contributed by atoms with van der Waals surface area (Å²) in [7, 11) is 0. The van der Waals surface area contributed by atoms with Gasteiger partial charge in [0.15, 0.2) is 11.3 Å². The molecule has 5 nitrogen and oxygen atoms in total. The minimum absolute atomic E-state index is 0.569. The van der Waals surface area contributed by atoms with Gasteiger partial charge in [0.1, 0.15) is 17.2 Å². The lowest BCUT2D eigenvalue weighted by Gasteiger charge is -1.93. The third-order valence-corrected chi connectivity index (χ3v) is 3.22. The van der Waals surface area contributed by atoms with Crippen LogP contribution in [0, 0.1) is 6.92 Å². The summed E-state index contributed by atoms with van der Waals surface area (Å²) in [6.45, 7) is 1.84. The van der Waals surface area contributed by atoms with Crippen molar-refractivity contribution in [1.82, 2.24) is 18.7 Å². The number of rotatable bonds is 2. The number of hydrogen-bond acceptors (Lipinski definition) is 5. The van der Waals surface area contributed by atoms with E-state index in [4.69, 9.17) is 0 Å². The third kappa shape index (κ3) is 1.62. The number of pyridine rings is 1. The van der Waals surface area contributed by atoms with Gasteiger partial charge in [0, 0.05) is 12.4 Å². The number of carbonyl (C=O) groups is 1. The van der Waals surface area contributed by atoms with Crippen LogP contribution in [-0.4, -0.2) is 25.0 Å². The molecule has 0 spiro atoms. The molecule has 3 heterocycles. The van der Waals surface area contributed by atoms with Crippen LogP contribution in [0.5, 0.6) is 0 Å². The Bertz CT molecular complexity index is 700. The van der Waals surface area contributed by atoms with Crippen LogP contribution < -0.4 is 0 Å². The van der Waals surface area contributed by atoms with Gasteiger partial charge in [-0.3, -0.25) is 4.79 Å². The van der Waals surface area contributed by atoms with Crippen LogP contribution in [0.15, 0.2) is 24.5 Å². The average Bonchev–Trinajstić information content (AvgIpc) is 2.93. The van der Waals surface area contributed by atoms with Crippen molar-refractivity contribution in [2.75, 3.05) is 0 Å². The number of aromatic nitrogens is 4. The highest BCUT2D eigenvalue weighted by Crippen LogP contribution is 2.21. The molecule has 0 fully saturated rings. The molecular formula is C11H8N4OS. The Labute approximate surface area is 101 Å². The molecule has 3 rings (SSSR count). The van der Waals surface area contributed by atoms with Crippen molar-refractivity contribution in [3.8, 4) is 10.7 Å². The fraction of sp³-hybridized carbons (Fsp3) is 0.0909. The molecule has 0 saturated carbocycles. The second-order valence-corrected chi connectivity index (χ2v) is 4.34. The first kappa shape index (κ1) is 10.1. The van der Waals surface area contributed by atoms with Gasteiger partial charge in [-0.2, -0.15) is 4.37 Å². The molecule has 0 bridgehead atoms. The van der Waals surface area contributed by atoms with E-state index in [9.17, 15) is 4.79 Å². The van der Waals surface area contributed by atoms with Gasteiger partial charge in [-0.25, -0.2) is 9.97 Å². The van der Waals surface area contributed by atoms with Crippen molar-refractivity contribution in [3.63, 3.8) is 0 Å². The summed E-state index contributed by atoms with van der Waals surface area (Å²) in [5, 5.41) is 0.767. The van der Waals surface area contributed by atoms with E-state index in [0.717, 1.165) is 22.8 Å². The molecular weight excluding hydrogens is 236 g/mol. The summed E-state index contributed by atoms with van der Waals surface area (Å²) in [5.41, 5.74) is 1.95. The number of carbonyl (C=O) groups excluding carboxylic acids is 1. The monoisotopic (exact) mass is 244 g/mol. The van der Waals surface area contributed by atoms with Crippen molar-refractivity contribution in [3.05, 3.63) is 35.9 Å². The lowest BCUT2D eigenvalue weighted by Crippen LogP contribution is -1.88. The Kier molecular flexibility index (Phi) is 2.22. The molecule has 0 amide bonds. The van der Waals surface area contributed by atoms with Crippen LogP contribution in [-0.2, 0) is 0 Å². The van der Waals surface area contributed by atoms with E-state index in [0.29, 0.717) is 11.2 Å². The second kappa shape index (κ2) is 3.74. The van der Waals surface area contributed by atoms with Crippen LogP contribution >= 0.6 is 11.5 Å². The molecule has 0 aliphatic rings. The SMILES string of the molecule is Cc1nsc(-c2cn3cccc(C=O)c3n2)n1. The van der Waals surface area contributed by atoms with E-state index in [-0.39, 0.29) is 0 Å². The molecule has 0 saturated heterocycles. The predicted octanol–water partition coefficient (Wildman–Crippen LogP) is 1.97. The number of aryl methyl sites for hydroxylation is 1. The van der Waals surface area contributed by atoms with Crippen LogP contribution in [0.1, 0.15) is 16.2 Å². The molecule has 0 atom stereocenters. The molecule has 0 unspecified atom stereocenters. The molecule has 0 aliphatic heterocycles. The molecule has 6 heteroatoms. The summed E-state index contributed by atoms with van der Waals surface area (Å²) >= 11 is 1.31. The number of aldehydes is 1. The Morgan fingerprint density at radius 1 is 1.41 bits per heavy atom. The van der Waals surface area contributed by atoms with Gasteiger partial charge in [0.2, 0.25) is 0 Å². The molecule has 0 aliphatic carbocycles. The van der Waals surface area contributed by atoms with Crippen LogP contribution in [0.2, 0.25) is 0 Å². The Balaban J connectivity index is 2.23. The summed E-state index contributed by atoms with van der Waals surface area (Å²) in [6.07, 6.45) is 4.51. The largest absolute Gasteiger partial charge is 0.306 e. The van der Waals surface area contributed by atoms with E-state index < -0.39 is 0 Å². The Morgan fingerprint density at radius 3 is 3.00 bits per heavy atom. The minimum atomic E-state index is 0.569. The highest BCUT2D eigenvalue weighted by Gasteiger charge is 2.10. The smallest absolute Gasteiger partial charge is 0.163 e. The fourth-order valence-electron chi connectivity index (χ4n) is 1.63. The van der Waals surface area contributed by atoms with Gasteiger partial charge in [0.05, 0.1) is 5.56 Å². The number of imidazole rings is 1. The van der Waals surface area contributed by atoms with E-state index in [1.165, 1.54) is 11.5 Å². The lowest BCUT2D eigenvalue weighted by molar-refractivity contribution is 0.112. The average molecular weight is 244 g/mol. The van der Waals surface area contributed by atoms with Gasteiger partial charge in [-0.05, 0) is 30.6 Å². The number of hydrogen-bond donors (Lipinski definition) is 0. The van der Waals surface area contributed by atoms with E-state index >= 15 is 0 Å². The van der Waals surface area contributed by atoms with Gasteiger partial charge in [-0.1, -0.05) is 0 Å². The van der Waals surface area contributed by atoms with Crippen molar-refractivity contribution in [2.45, 2.75) is 6.92 Å². The molecule has 84 valence electrons. The number of nitrogens with zero attached hydrogens (tertiary/aromatic N) is 4. The molecule has 0 N–H and O–H groups in total. The highest BCUT2D eigenvalue weighted by molar-refractivity contribution is 7.09. The topological polar surface area (TPSA) is 60.2 Å². The second-order valence-electron chi connectivity index (χ2n) is 3.59. The third-order valence-electron chi connectivity index (χ3n) is 2.39. The summed E-state index contributed by atoms with van der Waals surface area (Å²) in [5.74, 6) is 0.734. The Hall–Kier alpha value is -2.08. The lowest BCUT2D eigenvalue weighted by atomic mass is 10.3. The maximum atomic E-state index is 10.9. The van der Waals surface area contributed by atoms with Crippen molar-refractivity contribution in [1.29, 1.82) is 0 Å². The first-order valence-electron chi connectivity index (χ1n) is 5.01. The van der Waals surface area contributed by atoms with Crippen LogP contribution in [0.4, 0.5) is 0 Å². The van der Waals surface area contributed by atoms with Crippen molar-refractivity contribution in [2.24, 2.45) is 0 Å². The standard InChI is InChI=1S/C11H8N4OS/c1-7-12-11(17-14-7)9-5-15-4-2-3-8(6-16)10(15)13-9/h2-6H,1H3. The number of fused-ring (bicyclic) bond motifs is 1. The molecule has 0 aromatic carbocycles. The summed E-state index contributed by atoms with van der Waals surface area (Å²) in [4.78, 5) is 19.6. The van der Waals surface area contributed by atoms with Crippen molar-refractivity contribution >= 4 is 23.5 Å². The highest BCUT2D eigenvalue weighted by atomic mass is 32.1. The first-order valence-corrected chi connectivity index (χ1v) is 5.79. The van der Waals surface area contributed by atoms with Crippen molar-refractivity contribution < 1.29 is 4.79 Å². The van der Waals surface area contributed by atoms with Gasteiger partial charge < -0.3 is 4.40 Å². The van der Waals surface area contributed by atoms with E-state index in [1.807, 2.05) is 29.8 Å². The minimum Gasteiger partial charge on any atom is -0.306 e. The summed E-state index contributed by atoms with van der Waals surface area (Å²) < 4.78 is 5.93.